The molecule has 0 unspecified atom stereocenters. The third-order valence-corrected chi connectivity index (χ3v) is 3.67. The smallest absolute Gasteiger partial charge is 0.203 e. The SMILES string of the molecule is COc1cc(Oc2ccc(N)cc2I)cc(OC)c1OC. The minimum absolute atomic E-state index is 0.527. The third-order valence-electron chi connectivity index (χ3n) is 2.82. The Morgan fingerprint density at radius 1 is 0.857 bits per heavy atom. The van der Waals surface area contributed by atoms with Gasteiger partial charge in [-0.25, -0.2) is 0 Å². The Hall–Kier alpha value is -1.83. The van der Waals surface area contributed by atoms with Crippen molar-refractivity contribution in [3.8, 4) is 28.7 Å². The van der Waals surface area contributed by atoms with Crippen molar-refractivity contribution in [2.75, 3.05) is 27.1 Å². The summed E-state index contributed by atoms with van der Waals surface area (Å²) in [6.45, 7) is 0. The van der Waals surface area contributed by atoms with Crippen molar-refractivity contribution in [3.05, 3.63) is 33.9 Å². The van der Waals surface area contributed by atoms with Crippen LogP contribution in [0.15, 0.2) is 30.3 Å². The molecule has 0 aliphatic rings. The molecule has 0 amide bonds. The van der Waals surface area contributed by atoms with Crippen LogP contribution in [0.4, 0.5) is 5.69 Å². The highest BCUT2D eigenvalue weighted by atomic mass is 127. The first kappa shape index (κ1) is 15.6. The van der Waals surface area contributed by atoms with Crippen LogP contribution < -0.4 is 24.7 Å². The predicted molar refractivity (Wildman–Crippen MR) is 89.7 cm³/mol. The Bertz CT molecular complexity index is 621. The van der Waals surface area contributed by atoms with Gasteiger partial charge in [-0.2, -0.15) is 0 Å². The number of benzene rings is 2. The summed E-state index contributed by atoms with van der Waals surface area (Å²) in [5.41, 5.74) is 6.42. The zero-order chi connectivity index (χ0) is 15.4. The molecule has 2 aromatic carbocycles. The molecule has 0 heterocycles. The molecule has 112 valence electrons. The summed E-state index contributed by atoms with van der Waals surface area (Å²) in [5, 5.41) is 0. The monoisotopic (exact) mass is 401 g/mol. The topological polar surface area (TPSA) is 62.9 Å². The fourth-order valence-electron chi connectivity index (χ4n) is 1.84. The number of anilines is 1. The van der Waals surface area contributed by atoms with E-state index < -0.39 is 0 Å². The minimum Gasteiger partial charge on any atom is -0.493 e. The largest absolute Gasteiger partial charge is 0.493 e. The molecule has 0 aliphatic heterocycles. The molecular formula is C15H16INO4. The lowest BCUT2D eigenvalue weighted by Gasteiger charge is -2.15. The summed E-state index contributed by atoms with van der Waals surface area (Å²) in [4.78, 5) is 0. The number of nitrogen functional groups attached to an aromatic ring is 1. The summed E-state index contributed by atoms with van der Waals surface area (Å²) in [6.07, 6.45) is 0. The Morgan fingerprint density at radius 3 is 1.95 bits per heavy atom. The maximum atomic E-state index is 5.87. The van der Waals surface area contributed by atoms with Gasteiger partial charge in [0.25, 0.3) is 0 Å². The van der Waals surface area contributed by atoms with E-state index in [-0.39, 0.29) is 0 Å². The van der Waals surface area contributed by atoms with Gasteiger partial charge >= 0.3 is 0 Å². The normalized spacial score (nSPS) is 10.1. The fourth-order valence-corrected chi connectivity index (χ4v) is 2.49. The van der Waals surface area contributed by atoms with Gasteiger partial charge in [-0.15, -0.1) is 0 Å². The Morgan fingerprint density at radius 2 is 1.48 bits per heavy atom. The molecule has 0 radical (unpaired) electrons. The highest BCUT2D eigenvalue weighted by Crippen LogP contribution is 2.42. The lowest BCUT2D eigenvalue weighted by atomic mass is 10.2. The van der Waals surface area contributed by atoms with Crippen molar-refractivity contribution in [3.63, 3.8) is 0 Å². The first-order chi connectivity index (χ1) is 10.1. The third kappa shape index (κ3) is 3.44. The first-order valence-electron chi connectivity index (χ1n) is 6.12. The average Bonchev–Trinajstić information content (AvgIpc) is 2.49. The van der Waals surface area contributed by atoms with E-state index in [1.165, 1.54) is 0 Å². The van der Waals surface area contributed by atoms with Crippen LogP contribution in [0.3, 0.4) is 0 Å². The van der Waals surface area contributed by atoms with E-state index in [1.54, 1.807) is 39.5 Å². The number of methoxy groups -OCH3 is 3. The fraction of sp³-hybridized carbons (Fsp3) is 0.200. The number of rotatable bonds is 5. The summed E-state index contributed by atoms with van der Waals surface area (Å²) in [7, 11) is 4.69. The number of nitrogens with two attached hydrogens (primary N) is 1. The Kier molecular flexibility index (Phi) is 5.00. The molecule has 0 aliphatic carbocycles. The first-order valence-corrected chi connectivity index (χ1v) is 7.19. The molecule has 2 rings (SSSR count). The van der Waals surface area contributed by atoms with Crippen molar-refractivity contribution >= 4 is 28.3 Å². The molecule has 0 bridgehead atoms. The van der Waals surface area contributed by atoms with Crippen LogP contribution in [-0.2, 0) is 0 Å². The zero-order valence-corrected chi connectivity index (χ0v) is 14.1. The van der Waals surface area contributed by atoms with Gasteiger partial charge < -0.3 is 24.7 Å². The second kappa shape index (κ2) is 6.75. The summed E-state index contributed by atoms with van der Waals surface area (Å²) in [5.74, 6) is 2.90. The molecule has 2 aromatic rings. The Labute approximate surface area is 137 Å². The second-order valence-electron chi connectivity index (χ2n) is 4.15. The van der Waals surface area contributed by atoms with Crippen molar-refractivity contribution in [1.82, 2.24) is 0 Å². The molecule has 0 fully saturated rings. The minimum atomic E-state index is 0.527. The molecule has 0 spiro atoms. The summed E-state index contributed by atoms with van der Waals surface area (Å²) in [6, 6.07) is 8.94. The van der Waals surface area contributed by atoms with Crippen LogP contribution in [0.1, 0.15) is 0 Å². The molecule has 0 saturated heterocycles. The van der Waals surface area contributed by atoms with E-state index in [0.717, 1.165) is 3.57 Å². The number of hydrogen-bond acceptors (Lipinski definition) is 5. The molecule has 0 saturated carbocycles. The van der Waals surface area contributed by atoms with Crippen molar-refractivity contribution < 1.29 is 18.9 Å². The predicted octanol–water partition coefficient (Wildman–Crippen LogP) is 3.69. The summed E-state index contributed by atoms with van der Waals surface area (Å²) < 4.78 is 22.7. The molecule has 21 heavy (non-hydrogen) atoms. The van der Waals surface area contributed by atoms with Gasteiger partial charge in [0.15, 0.2) is 11.5 Å². The van der Waals surface area contributed by atoms with Gasteiger partial charge in [-0.3, -0.25) is 0 Å². The number of halogens is 1. The number of hydrogen-bond donors (Lipinski definition) is 1. The number of ether oxygens (including phenoxy) is 4. The van der Waals surface area contributed by atoms with E-state index in [2.05, 4.69) is 22.6 Å². The molecular weight excluding hydrogens is 385 g/mol. The van der Waals surface area contributed by atoms with Crippen molar-refractivity contribution in [1.29, 1.82) is 0 Å². The van der Waals surface area contributed by atoms with Crippen LogP contribution in [0.2, 0.25) is 0 Å². The molecule has 6 heteroatoms. The Balaban J connectivity index is 2.40. The van der Waals surface area contributed by atoms with E-state index in [9.17, 15) is 0 Å². The van der Waals surface area contributed by atoms with Gasteiger partial charge in [0.2, 0.25) is 5.75 Å². The van der Waals surface area contributed by atoms with Gasteiger partial charge in [0, 0.05) is 17.8 Å². The molecule has 0 atom stereocenters. The van der Waals surface area contributed by atoms with Crippen LogP contribution in [0.25, 0.3) is 0 Å². The zero-order valence-electron chi connectivity index (χ0n) is 12.0. The van der Waals surface area contributed by atoms with Crippen LogP contribution >= 0.6 is 22.6 Å². The van der Waals surface area contributed by atoms with Crippen LogP contribution in [0, 0.1) is 3.57 Å². The van der Waals surface area contributed by atoms with Gasteiger partial charge in [0.1, 0.15) is 11.5 Å². The average molecular weight is 401 g/mol. The molecule has 2 N–H and O–H groups in total. The van der Waals surface area contributed by atoms with Gasteiger partial charge in [-0.1, -0.05) is 0 Å². The van der Waals surface area contributed by atoms with Crippen LogP contribution in [0.5, 0.6) is 28.7 Å². The maximum Gasteiger partial charge on any atom is 0.203 e. The molecule has 5 nitrogen and oxygen atoms in total. The quantitative estimate of drug-likeness (QED) is 0.612. The summed E-state index contributed by atoms with van der Waals surface area (Å²) >= 11 is 2.17. The second-order valence-corrected chi connectivity index (χ2v) is 5.32. The van der Waals surface area contributed by atoms with Gasteiger partial charge in [-0.05, 0) is 40.8 Å². The standard InChI is InChI=1S/C15H16INO4/c1-18-13-7-10(8-14(19-2)15(13)20-3)21-12-5-4-9(17)6-11(12)16/h4-8H,17H2,1-3H3. The van der Waals surface area contributed by atoms with E-state index >= 15 is 0 Å². The van der Waals surface area contributed by atoms with E-state index in [0.29, 0.717) is 34.4 Å². The lowest BCUT2D eigenvalue weighted by Crippen LogP contribution is -1.96. The van der Waals surface area contributed by atoms with E-state index in [4.69, 9.17) is 24.7 Å². The molecule has 0 aromatic heterocycles. The van der Waals surface area contributed by atoms with Crippen molar-refractivity contribution in [2.24, 2.45) is 0 Å². The van der Waals surface area contributed by atoms with Gasteiger partial charge in [0.05, 0.1) is 24.9 Å². The lowest BCUT2D eigenvalue weighted by molar-refractivity contribution is 0.321. The highest BCUT2D eigenvalue weighted by Gasteiger charge is 2.15. The highest BCUT2D eigenvalue weighted by molar-refractivity contribution is 14.1. The van der Waals surface area contributed by atoms with Crippen molar-refractivity contribution in [2.45, 2.75) is 0 Å². The maximum absolute atomic E-state index is 5.87. The van der Waals surface area contributed by atoms with E-state index in [1.807, 2.05) is 12.1 Å². The van der Waals surface area contributed by atoms with Crippen LogP contribution in [-0.4, -0.2) is 21.3 Å².